The molecule has 110 valence electrons. The van der Waals surface area contributed by atoms with E-state index in [1.54, 1.807) is 0 Å². The molecule has 0 heterocycles. The molecule has 1 aromatic rings. The topological polar surface area (TPSA) is 12.0 Å². The van der Waals surface area contributed by atoms with Gasteiger partial charge in [-0.15, -0.1) is 0 Å². The summed E-state index contributed by atoms with van der Waals surface area (Å²) in [6.45, 7) is 10.6. The highest BCUT2D eigenvalue weighted by atomic mass is 79.9. The van der Waals surface area contributed by atoms with Gasteiger partial charge in [-0.3, -0.25) is 0 Å². The fraction of sp³-hybridized carbons (Fsp3) is 0.667. The fourth-order valence-corrected chi connectivity index (χ4v) is 5.09. The lowest BCUT2D eigenvalue weighted by molar-refractivity contribution is 0.108. The standard InChI is InChI=1S/C18H26BrN/c1-12-9-13(5-6-15(12)19)11-20-16-17(2,3)14-7-8-18(16,4)10-14/h5-6,9,14,16,20H,7-8,10-11H2,1-4H3. The minimum absolute atomic E-state index is 0.442. The van der Waals surface area contributed by atoms with Gasteiger partial charge in [0.05, 0.1) is 0 Å². The molecule has 3 rings (SSSR count). The average Bonchev–Trinajstić information content (AvgIpc) is 2.84. The molecule has 0 amide bonds. The van der Waals surface area contributed by atoms with Crippen molar-refractivity contribution in [1.82, 2.24) is 5.32 Å². The zero-order valence-electron chi connectivity index (χ0n) is 13.1. The largest absolute Gasteiger partial charge is 0.309 e. The van der Waals surface area contributed by atoms with Gasteiger partial charge in [0.1, 0.15) is 0 Å². The third-order valence-corrected chi connectivity index (χ3v) is 6.89. The summed E-state index contributed by atoms with van der Waals surface area (Å²) < 4.78 is 1.20. The van der Waals surface area contributed by atoms with Gasteiger partial charge in [-0.1, -0.05) is 48.8 Å². The van der Waals surface area contributed by atoms with Crippen molar-refractivity contribution in [2.45, 2.75) is 59.5 Å². The maximum atomic E-state index is 3.89. The lowest BCUT2D eigenvalue weighted by Gasteiger charge is -2.43. The summed E-state index contributed by atoms with van der Waals surface area (Å²) in [5.74, 6) is 0.914. The molecule has 2 saturated carbocycles. The van der Waals surface area contributed by atoms with Gasteiger partial charge in [-0.2, -0.15) is 0 Å². The van der Waals surface area contributed by atoms with Crippen molar-refractivity contribution < 1.29 is 0 Å². The van der Waals surface area contributed by atoms with E-state index in [1.165, 1.54) is 34.9 Å². The first-order valence-electron chi connectivity index (χ1n) is 7.81. The maximum absolute atomic E-state index is 3.89. The van der Waals surface area contributed by atoms with Crippen molar-refractivity contribution in [2.24, 2.45) is 16.7 Å². The van der Waals surface area contributed by atoms with Crippen LogP contribution in [0.1, 0.15) is 51.2 Å². The summed E-state index contributed by atoms with van der Waals surface area (Å²) >= 11 is 3.58. The molecule has 2 aliphatic carbocycles. The second-order valence-corrected chi connectivity index (χ2v) is 8.67. The summed E-state index contributed by atoms with van der Waals surface area (Å²) in [6, 6.07) is 7.34. The molecular weight excluding hydrogens is 310 g/mol. The Hall–Kier alpha value is -0.340. The van der Waals surface area contributed by atoms with E-state index in [9.17, 15) is 0 Å². The predicted octanol–water partition coefficient (Wildman–Crippen LogP) is 5.06. The molecule has 0 radical (unpaired) electrons. The number of benzene rings is 1. The van der Waals surface area contributed by atoms with Crippen LogP contribution in [0.25, 0.3) is 0 Å². The van der Waals surface area contributed by atoms with Crippen molar-refractivity contribution in [1.29, 1.82) is 0 Å². The van der Waals surface area contributed by atoms with Crippen LogP contribution in [0.5, 0.6) is 0 Å². The Morgan fingerprint density at radius 2 is 2.05 bits per heavy atom. The lowest BCUT2D eigenvalue weighted by Crippen LogP contribution is -2.49. The van der Waals surface area contributed by atoms with E-state index in [0.29, 0.717) is 16.9 Å². The Bertz CT molecular complexity index is 517. The third kappa shape index (κ3) is 2.25. The lowest BCUT2D eigenvalue weighted by atomic mass is 9.68. The van der Waals surface area contributed by atoms with Gasteiger partial charge in [0, 0.05) is 17.1 Å². The first-order valence-corrected chi connectivity index (χ1v) is 8.61. The number of halogens is 1. The van der Waals surface area contributed by atoms with Crippen LogP contribution in [0, 0.1) is 23.7 Å². The SMILES string of the molecule is Cc1cc(CNC2C3(C)CCC(C3)C2(C)C)ccc1Br. The molecule has 1 N–H and O–H groups in total. The van der Waals surface area contributed by atoms with Gasteiger partial charge < -0.3 is 5.32 Å². The van der Waals surface area contributed by atoms with Crippen molar-refractivity contribution in [3.8, 4) is 0 Å². The summed E-state index contributed by atoms with van der Waals surface area (Å²) in [7, 11) is 0. The normalized spacial score (nSPS) is 34.6. The molecule has 3 atom stereocenters. The number of fused-ring (bicyclic) bond motifs is 2. The molecule has 0 aromatic heterocycles. The molecule has 2 aliphatic rings. The number of nitrogens with one attached hydrogen (secondary N) is 1. The van der Waals surface area contributed by atoms with Gasteiger partial charge in [0.25, 0.3) is 0 Å². The smallest absolute Gasteiger partial charge is 0.0208 e. The highest BCUT2D eigenvalue weighted by Gasteiger charge is 2.58. The number of hydrogen-bond acceptors (Lipinski definition) is 1. The van der Waals surface area contributed by atoms with Crippen LogP contribution in [0.4, 0.5) is 0 Å². The van der Waals surface area contributed by atoms with E-state index in [1.807, 2.05) is 0 Å². The Labute approximate surface area is 131 Å². The van der Waals surface area contributed by atoms with Crippen molar-refractivity contribution in [2.75, 3.05) is 0 Å². The predicted molar refractivity (Wildman–Crippen MR) is 88.7 cm³/mol. The van der Waals surface area contributed by atoms with Crippen molar-refractivity contribution in [3.05, 3.63) is 33.8 Å². The Morgan fingerprint density at radius 3 is 2.65 bits per heavy atom. The average molecular weight is 336 g/mol. The van der Waals surface area contributed by atoms with Crippen molar-refractivity contribution >= 4 is 15.9 Å². The molecule has 0 spiro atoms. The first kappa shape index (κ1) is 14.6. The van der Waals surface area contributed by atoms with E-state index < -0.39 is 0 Å². The molecule has 0 aliphatic heterocycles. The Balaban J connectivity index is 1.73. The second kappa shape index (κ2) is 4.84. The highest BCUT2D eigenvalue weighted by Crippen LogP contribution is 2.62. The van der Waals surface area contributed by atoms with E-state index >= 15 is 0 Å². The Kier molecular flexibility index (Phi) is 3.53. The van der Waals surface area contributed by atoms with Crippen LogP contribution >= 0.6 is 15.9 Å². The Morgan fingerprint density at radius 1 is 1.30 bits per heavy atom. The first-order chi connectivity index (χ1) is 9.33. The zero-order valence-corrected chi connectivity index (χ0v) is 14.7. The van der Waals surface area contributed by atoms with E-state index in [4.69, 9.17) is 0 Å². The van der Waals surface area contributed by atoms with Gasteiger partial charge in [-0.25, -0.2) is 0 Å². The van der Waals surface area contributed by atoms with Crippen molar-refractivity contribution in [3.63, 3.8) is 0 Å². The minimum atomic E-state index is 0.442. The van der Waals surface area contributed by atoms with E-state index in [0.717, 1.165) is 12.5 Å². The van der Waals surface area contributed by atoms with Crippen LogP contribution in [0.2, 0.25) is 0 Å². The molecule has 1 nitrogen and oxygen atoms in total. The number of hydrogen-bond donors (Lipinski definition) is 1. The molecule has 2 fully saturated rings. The van der Waals surface area contributed by atoms with Gasteiger partial charge in [0.15, 0.2) is 0 Å². The van der Waals surface area contributed by atoms with Gasteiger partial charge in [0.2, 0.25) is 0 Å². The van der Waals surface area contributed by atoms with Crippen LogP contribution in [0.3, 0.4) is 0 Å². The van der Waals surface area contributed by atoms with E-state index in [2.05, 4.69) is 67.1 Å². The van der Waals surface area contributed by atoms with Crippen LogP contribution in [-0.4, -0.2) is 6.04 Å². The van der Waals surface area contributed by atoms with Gasteiger partial charge in [-0.05, 0) is 60.1 Å². The van der Waals surface area contributed by atoms with E-state index in [-0.39, 0.29) is 0 Å². The molecule has 3 unspecified atom stereocenters. The summed E-state index contributed by atoms with van der Waals surface area (Å²) in [5.41, 5.74) is 3.67. The number of aryl methyl sites for hydroxylation is 1. The zero-order chi connectivity index (χ0) is 14.5. The molecule has 2 bridgehead atoms. The summed E-state index contributed by atoms with van der Waals surface area (Å²) in [6.07, 6.45) is 4.24. The fourth-order valence-electron chi connectivity index (χ4n) is 4.85. The maximum Gasteiger partial charge on any atom is 0.0208 e. The minimum Gasteiger partial charge on any atom is -0.309 e. The second-order valence-electron chi connectivity index (χ2n) is 7.81. The molecular formula is C18H26BrN. The van der Waals surface area contributed by atoms with Gasteiger partial charge >= 0.3 is 0 Å². The highest BCUT2D eigenvalue weighted by molar-refractivity contribution is 9.10. The van der Waals surface area contributed by atoms with Crippen LogP contribution < -0.4 is 5.32 Å². The molecule has 1 aromatic carbocycles. The molecule has 2 heteroatoms. The van der Waals surface area contributed by atoms with Crippen LogP contribution in [-0.2, 0) is 6.54 Å². The molecule has 20 heavy (non-hydrogen) atoms. The number of rotatable bonds is 3. The third-order valence-electron chi connectivity index (χ3n) is 6.00. The van der Waals surface area contributed by atoms with Crippen LogP contribution in [0.15, 0.2) is 22.7 Å². The monoisotopic (exact) mass is 335 g/mol. The molecule has 0 saturated heterocycles. The summed E-state index contributed by atoms with van der Waals surface area (Å²) in [5, 5.41) is 3.89. The summed E-state index contributed by atoms with van der Waals surface area (Å²) in [4.78, 5) is 0. The quantitative estimate of drug-likeness (QED) is 0.813.